The fourth-order valence-corrected chi connectivity index (χ4v) is 4.42. The van der Waals surface area contributed by atoms with Gasteiger partial charge in [-0.15, -0.1) is 0 Å². The van der Waals surface area contributed by atoms with Gasteiger partial charge in [-0.2, -0.15) is 0 Å². The summed E-state index contributed by atoms with van der Waals surface area (Å²) in [6, 6.07) is 15.3. The van der Waals surface area contributed by atoms with E-state index in [1.165, 1.54) is 0 Å². The summed E-state index contributed by atoms with van der Waals surface area (Å²) in [7, 11) is 0. The van der Waals surface area contributed by atoms with Crippen LogP contribution in [0.3, 0.4) is 0 Å². The summed E-state index contributed by atoms with van der Waals surface area (Å²) in [5.74, 6) is 1.14. The number of hydrogen-bond acceptors (Lipinski definition) is 3. The van der Waals surface area contributed by atoms with Gasteiger partial charge in [0.05, 0.1) is 17.1 Å². The molecule has 2 aliphatic rings. The highest BCUT2D eigenvalue weighted by molar-refractivity contribution is 5.95. The number of benzene rings is 2. The highest BCUT2D eigenvalue weighted by Gasteiger charge is 2.34. The second-order valence-corrected chi connectivity index (χ2v) is 8.33. The van der Waals surface area contributed by atoms with E-state index in [4.69, 9.17) is 4.98 Å². The predicted octanol–water partition coefficient (Wildman–Crippen LogP) is 4.77. The molecule has 1 aliphatic carbocycles. The highest BCUT2D eigenvalue weighted by atomic mass is 16.2. The van der Waals surface area contributed by atoms with Crippen LogP contribution in [0.2, 0.25) is 0 Å². The second kappa shape index (κ2) is 8.06. The van der Waals surface area contributed by atoms with Crippen molar-refractivity contribution in [3.63, 3.8) is 0 Å². The molecular weight excluding hydrogens is 390 g/mol. The van der Waals surface area contributed by atoms with Gasteiger partial charge in [0.15, 0.2) is 0 Å². The van der Waals surface area contributed by atoms with Crippen molar-refractivity contribution < 1.29 is 9.59 Å². The lowest BCUT2D eigenvalue weighted by atomic mass is 10.2. The van der Waals surface area contributed by atoms with Crippen molar-refractivity contribution in [2.24, 2.45) is 5.92 Å². The molecule has 31 heavy (non-hydrogen) atoms. The largest absolute Gasteiger partial charge is 0.327 e. The summed E-state index contributed by atoms with van der Waals surface area (Å²) in [4.78, 5) is 31.9. The van der Waals surface area contributed by atoms with Gasteiger partial charge in [-0.25, -0.2) is 9.78 Å². The number of urea groups is 1. The maximum atomic E-state index is 13.2. The Kier molecular flexibility index (Phi) is 5.10. The SMILES string of the molecule is CCn1c(C2CCCN2C(=O)Nc2cccc(NC(=O)C3CC3)c2)nc2ccccc21. The first-order valence-electron chi connectivity index (χ1n) is 11.1. The molecule has 7 nitrogen and oxygen atoms in total. The van der Waals surface area contributed by atoms with Gasteiger partial charge < -0.3 is 20.1 Å². The molecule has 0 bridgehead atoms. The number of carbonyl (C=O) groups excluding carboxylic acids is 2. The average molecular weight is 418 g/mol. The molecule has 1 aliphatic heterocycles. The van der Waals surface area contributed by atoms with Crippen molar-refractivity contribution in [2.45, 2.75) is 45.2 Å². The number of aryl methyl sites for hydroxylation is 1. The number of rotatable bonds is 5. The second-order valence-electron chi connectivity index (χ2n) is 8.33. The van der Waals surface area contributed by atoms with Crippen molar-refractivity contribution in [1.82, 2.24) is 14.5 Å². The van der Waals surface area contributed by atoms with Crippen LogP contribution in [-0.2, 0) is 11.3 Å². The van der Waals surface area contributed by atoms with Crippen LogP contribution in [0.1, 0.15) is 44.5 Å². The lowest BCUT2D eigenvalue weighted by Gasteiger charge is -2.25. The topological polar surface area (TPSA) is 79.3 Å². The van der Waals surface area contributed by atoms with E-state index in [-0.39, 0.29) is 23.9 Å². The molecule has 1 atom stereocenters. The Balaban J connectivity index is 1.34. The van der Waals surface area contributed by atoms with Crippen LogP contribution >= 0.6 is 0 Å². The van der Waals surface area contributed by atoms with Crippen LogP contribution in [-0.4, -0.2) is 32.9 Å². The zero-order valence-electron chi connectivity index (χ0n) is 17.7. The van der Waals surface area contributed by atoms with Crippen molar-refractivity contribution >= 4 is 34.3 Å². The van der Waals surface area contributed by atoms with E-state index in [1.54, 1.807) is 0 Å². The minimum absolute atomic E-state index is 0.0508. The number of nitrogens with one attached hydrogen (secondary N) is 2. The molecule has 5 rings (SSSR count). The van der Waals surface area contributed by atoms with E-state index < -0.39 is 0 Å². The molecule has 3 aromatic rings. The highest BCUT2D eigenvalue weighted by Crippen LogP contribution is 2.34. The van der Waals surface area contributed by atoms with Gasteiger partial charge in [-0.3, -0.25) is 4.79 Å². The van der Waals surface area contributed by atoms with Crippen molar-refractivity contribution in [2.75, 3.05) is 17.2 Å². The third kappa shape index (κ3) is 3.87. The predicted molar refractivity (Wildman–Crippen MR) is 121 cm³/mol. The average Bonchev–Trinajstić information content (AvgIpc) is 3.39. The van der Waals surface area contributed by atoms with Crippen molar-refractivity contribution in [3.05, 3.63) is 54.4 Å². The summed E-state index contributed by atoms with van der Waals surface area (Å²) >= 11 is 0. The number of hydrogen-bond donors (Lipinski definition) is 2. The van der Waals surface area contributed by atoms with Gasteiger partial charge in [0.25, 0.3) is 0 Å². The Morgan fingerprint density at radius 1 is 1.03 bits per heavy atom. The van der Waals surface area contributed by atoms with E-state index in [1.807, 2.05) is 47.4 Å². The number of nitrogens with zero attached hydrogens (tertiary/aromatic N) is 3. The molecule has 2 aromatic carbocycles. The molecular formula is C24H27N5O2. The molecule has 2 fully saturated rings. The van der Waals surface area contributed by atoms with Gasteiger partial charge in [-0.1, -0.05) is 18.2 Å². The number of carbonyl (C=O) groups is 2. The summed E-state index contributed by atoms with van der Waals surface area (Å²) < 4.78 is 2.21. The zero-order chi connectivity index (χ0) is 21.4. The molecule has 2 heterocycles. The summed E-state index contributed by atoms with van der Waals surface area (Å²) in [5.41, 5.74) is 3.45. The molecule has 1 aromatic heterocycles. The minimum Gasteiger partial charge on any atom is -0.327 e. The molecule has 0 spiro atoms. The Morgan fingerprint density at radius 2 is 1.81 bits per heavy atom. The third-order valence-electron chi connectivity index (χ3n) is 6.14. The van der Waals surface area contributed by atoms with Gasteiger partial charge >= 0.3 is 6.03 Å². The first-order valence-corrected chi connectivity index (χ1v) is 11.1. The summed E-state index contributed by atoms with van der Waals surface area (Å²) in [6.07, 6.45) is 3.76. The molecule has 1 saturated carbocycles. The number of likely N-dealkylation sites (tertiary alicyclic amines) is 1. The number of imidazole rings is 1. The van der Waals surface area contributed by atoms with Crippen LogP contribution < -0.4 is 10.6 Å². The van der Waals surface area contributed by atoms with Crippen LogP contribution in [0.25, 0.3) is 11.0 Å². The van der Waals surface area contributed by atoms with E-state index in [0.29, 0.717) is 17.9 Å². The third-order valence-corrected chi connectivity index (χ3v) is 6.14. The maximum absolute atomic E-state index is 13.2. The monoisotopic (exact) mass is 417 g/mol. The number of amides is 3. The molecule has 3 amide bonds. The van der Waals surface area contributed by atoms with E-state index >= 15 is 0 Å². The Labute approximate surface area is 181 Å². The standard InChI is InChI=1S/C24H27N5O2/c1-2-28-20-10-4-3-9-19(20)27-22(28)21-11-6-14-29(21)24(31)26-18-8-5-7-17(15-18)25-23(30)16-12-13-16/h3-5,7-10,15-16,21H,2,6,11-14H2,1H3,(H,25,30)(H,26,31). The van der Waals surface area contributed by atoms with Crippen molar-refractivity contribution in [3.8, 4) is 0 Å². The number of para-hydroxylation sites is 2. The molecule has 160 valence electrons. The normalized spacial score (nSPS) is 18.4. The Morgan fingerprint density at radius 3 is 2.58 bits per heavy atom. The van der Waals surface area contributed by atoms with Gasteiger partial charge in [0.2, 0.25) is 5.91 Å². The fourth-order valence-electron chi connectivity index (χ4n) is 4.42. The van der Waals surface area contributed by atoms with Crippen LogP contribution in [0.15, 0.2) is 48.5 Å². The smallest absolute Gasteiger partial charge is 0.322 e. The number of fused-ring (bicyclic) bond motifs is 1. The van der Waals surface area contributed by atoms with E-state index in [9.17, 15) is 9.59 Å². The summed E-state index contributed by atoms with van der Waals surface area (Å²) in [5, 5.41) is 5.95. The quantitative estimate of drug-likeness (QED) is 0.627. The molecule has 1 unspecified atom stereocenters. The Hall–Kier alpha value is -3.35. The van der Waals surface area contributed by atoms with Gasteiger partial charge in [0, 0.05) is 30.4 Å². The van der Waals surface area contributed by atoms with Gasteiger partial charge in [-0.05, 0) is 62.9 Å². The lowest BCUT2D eigenvalue weighted by molar-refractivity contribution is -0.117. The first kappa shape index (κ1) is 19.6. The zero-order valence-corrected chi connectivity index (χ0v) is 17.7. The van der Waals surface area contributed by atoms with E-state index in [0.717, 1.165) is 49.1 Å². The van der Waals surface area contributed by atoms with Crippen LogP contribution in [0.5, 0.6) is 0 Å². The number of aromatic nitrogens is 2. The summed E-state index contributed by atoms with van der Waals surface area (Å²) in [6.45, 7) is 3.62. The van der Waals surface area contributed by atoms with Crippen LogP contribution in [0, 0.1) is 5.92 Å². The van der Waals surface area contributed by atoms with Crippen molar-refractivity contribution in [1.29, 1.82) is 0 Å². The molecule has 2 N–H and O–H groups in total. The Bertz CT molecular complexity index is 1130. The minimum atomic E-state index is -0.136. The lowest BCUT2D eigenvalue weighted by Crippen LogP contribution is -2.35. The molecule has 1 saturated heterocycles. The van der Waals surface area contributed by atoms with Crippen LogP contribution in [0.4, 0.5) is 16.2 Å². The first-order chi connectivity index (χ1) is 15.1. The fraction of sp³-hybridized carbons (Fsp3) is 0.375. The number of anilines is 2. The van der Waals surface area contributed by atoms with Gasteiger partial charge in [0.1, 0.15) is 5.82 Å². The molecule has 7 heteroatoms. The molecule has 0 radical (unpaired) electrons. The maximum Gasteiger partial charge on any atom is 0.322 e. The van der Waals surface area contributed by atoms with E-state index in [2.05, 4.69) is 28.2 Å².